The van der Waals surface area contributed by atoms with Gasteiger partial charge >= 0.3 is 0 Å². The van der Waals surface area contributed by atoms with E-state index in [1.807, 2.05) is 5.38 Å². The molecule has 3 rings (SSSR count). The van der Waals surface area contributed by atoms with Crippen LogP contribution in [-0.4, -0.2) is 11.5 Å². The predicted octanol–water partition coefficient (Wildman–Crippen LogP) is 3.70. The standard InChI is InChI=1S/C13H12BrFN2S/c14-8-1-2-10(15)9(5-8)11-6-18-12(17-11)13(7-16)3-4-13/h1-2,5-6H,3-4,7,16H2. The van der Waals surface area contributed by atoms with E-state index in [1.54, 1.807) is 23.5 Å². The number of thiazole rings is 1. The number of nitrogens with zero attached hydrogens (tertiary/aromatic N) is 1. The summed E-state index contributed by atoms with van der Waals surface area (Å²) in [6.45, 7) is 0.626. The van der Waals surface area contributed by atoms with Gasteiger partial charge in [-0.3, -0.25) is 0 Å². The number of nitrogens with two attached hydrogens (primary N) is 1. The number of benzene rings is 1. The molecule has 18 heavy (non-hydrogen) atoms. The Bertz CT molecular complexity index is 592. The molecule has 0 bridgehead atoms. The maximum Gasteiger partial charge on any atom is 0.132 e. The summed E-state index contributed by atoms with van der Waals surface area (Å²) in [6, 6.07) is 4.90. The van der Waals surface area contributed by atoms with Crippen molar-refractivity contribution >= 4 is 27.3 Å². The highest BCUT2D eigenvalue weighted by atomic mass is 79.9. The van der Waals surface area contributed by atoms with Crippen molar-refractivity contribution in [2.75, 3.05) is 6.54 Å². The van der Waals surface area contributed by atoms with Gasteiger partial charge in [-0.05, 0) is 31.0 Å². The first kappa shape index (κ1) is 12.3. The van der Waals surface area contributed by atoms with Crippen LogP contribution in [-0.2, 0) is 5.41 Å². The summed E-state index contributed by atoms with van der Waals surface area (Å²) in [4.78, 5) is 4.57. The predicted molar refractivity (Wildman–Crippen MR) is 75.2 cm³/mol. The van der Waals surface area contributed by atoms with Gasteiger partial charge in [0.1, 0.15) is 10.8 Å². The van der Waals surface area contributed by atoms with E-state index >= 15 is 0 Å². The van der Waals surface area contributed by atoms with Crippen molar-refractivity contribution in [2.45, 2.75) is 18.3 Å². The second kappa shape index (κ2) is 4.40. The van der Waals surface area contributed by atoms with Crippen LogP contribution in [0.2, 0.25) is 0 Å². The van der Waals surface area contributed by atoms with Crippen LogP contribution in [0.1, 0.15) is 17.8 Å². The van der Waals surface area contributed by atoms with Crippen molar-refractivity contribution in [2.24, 2.45) is 5.73 Å². The zero-order valence-electron chi connectivity index (χ0n) is 9.62. The van der Waals surface area contributed by atoms with E-state index < -0.39 is 0 Å². The molecule has 0 saturated heterocycles. The lowest BCUT2D eigenvalue weighted by molar-refractivity contribution is 0.630. The van der Waals surface area contributed by atoms with Crippen molar-refractivity contribution in [3.8, 4) is 11.3 Å². The number of hydrogen-bond acceptors (Lipinski definition) is 3. The van der Waals surface area contributed by atoms with Gasteiger partial charge in [0.25, 0.3) is 0 Å². The maximum atomic E-state index is 13.8. The molecular formula is C13H12BrFN2S. The Kier molecular flexibility index (Phi) is 3.00. The van der Waals surface area contributed by atoms with Crippen molar-refractivity contribution in [3.63, 3.8) is 0 Å². The number of halogens is 2. The Morgan fingerprint density at radius 2 is 2.22 bits per heavy atom. The fraction of sp³-hybridized carbons (Fsp3) is 0.308. The van der Waals surface area contributed by atoms with E-state index in [0.717, 1.165) is 22.3 Å². The van der Waals surface area contributed by atoms with Crippen LogP contribution in [0, 0.1) is 5.82 Å². The van der Waals surface area contributed by atoms with Gasteiger partial charge in [0, 0.05) is 27.4 Å². The summed E-state index contributed by atoms with van der Waals surface area (Å²) in [5.41, 5.74) is 7.11. The minimum absolute atomic E-state index is 0.0748. The van der Waals surface area contributed by atoms with E-state index in [-0.39, 0.29) is 11.2 Å². The van der Waals surface area contributed by atoms with Crippen LogP contribution in [0.4, 0.5) is 4.39 Å². The first-order valence-electron chi connectivity index (χ1n) is 5.76. The molecule has 0 aliphatic heterocycles. The van der Waals surface area contributed by atoms with E-state index in [2.05, 4.69) is 20.9 Å². The van der Waals surface area contributed by atoms with Gasteiger partial charge in [-0.1, -0.05) is 15.9 Å². The van der Waals surface area contributed by atoms with Crippen molar-refractivity contribution in [3.05, 3.63) is 38.9 Å². The van der Waals surface area contributed by atoms with E-state index in [0.29, 0.717) is 17.8 Å². The molecule has 0 amide bonds. The van der Waals surface area contributed by atoms with E-state index in [1.165, 1.54) is 6.07 Å². The summed E-state index contributed by atoms with van der Waals surface area (Å²) in [6.07, 6.45) is 2.19. The van der Waals surface area contributed by atoms with Crippen LogP contribution in [0.3, 0.4) is 0 Å². The summed E-state index contributed by atoms with van der Waals surface area (Å²) in [5, 5.41) is 2.95. The van der Waals surface area contributed by atoms with Crippen LogP contribution >= 0.6 is 27.3 Å². The largest absolute Gasteiger partial charge is 0.329 e. The minimum atomic E-state index is -0.243. The van der Waals surface area contributed by atoms with Gasteiger partial charge in [-0.25, -0.2) is 9.37 Å². The third kappa shape index (κ3) is 2.00. The quantitative estimate of drug-likeness (QED) is 0.933. The molecule has 1 aromatic heterocycles. The molecule has 5 heteroatoms. The monoisotopic (exact) mass is 326 g/mol. The molecule has 0 unspecified atom stereocenters. The molecule has 2 aromatic rings. The second-order valence-corrected chi connectivity index (χ2v) is 6.42. The summed E-state index contributed by atoms with van der Waals surface area (Å²) in [5.74, 6) is -0.243. The molecule has 1 aromatic carbocycles. The number of hydrogen-bond donors (Lipinski definition) is 1. The van der Waals surface area contributed by atoms with Gasteiger partial charge in [-0.15, -0.1) is 11.3 Å². The van der Waals surface area contributed by atoms with Gasteiger partial charge in [0.05, 0.1) is 5.69 Å². The van der Waals surface area contributed by atoms with Gasteiger partial charge in [0.15, 0.2) is 0 Å². The van der Waals surface area contributed by atoms with Gasteiger partial charge < -0.3 is 5.73 Å². The molecule has 1 fully saturated rings. The molecule has 0 atom stereocenters. The molecule has 2 nitrogen and oxygen atoms in total. The molecular weight excluding hydrogens is 315 g/mol. The zero-order chi connectivity index (χ0) is 12.8. The summed E-state index contributed by atoms with van der Waals surface area (Å²) >= 11 is 4.93. The average molecular weight is 327 g/mol. The zero-order valence-corrected chi connectivity index (χ0v) is 12.0. The third-order valence-electron chi connectivity index (χ3n) is 3.41. The lowest BCUT2D eigenvalue weighted by Gasteiger charge is -2.07. The number of rotatable bonds is 3. The maximum absolute atomic E-state index is 13.8. The highest BCUT2D eigenvalue weighted by Gasteiger charge is 2.45. The summed E-state index contributed by atoms with van der Waals surface area (Å²) < 4.78 is 14.6. The normalized spacial score (nSPS) is 16.8. The Balaban J connectivity index is 2.00. The Morgan fingerprint density at radius 3 is 2.89 bits per heavy atom. The second-order valence-electron chi connectivity index (χ2n) is 4.65. The SMILES string of the molecule is NCC1(c2nc(-c3cc(Br)ccc3F)cs2)CC1. The van der Waals surface area contributed by atoms with Gasteiger partial charge in [-0.2, -0.15) is 0 Å². The van der Waals surface area contributed by atoms with Crippen LogP contribution in [0.5, 0.6) is 0 Å². The lowest BCUT2D eigenvalue weighted by Crippen LogP contribution is -2.19. The molecule has 94 valence electrons. The molecule has 1 saturated carbocycles. The third-order valence-corrected chi connectivity index (χ3v) is 4.99. The fourth-order valence-electron chi connectivity index (χ4n) is 1.99. The topological polar surface area (TPSA) is 38.9 Å². The highest BCUT2D eigenvalue weighted by molar-refractivity contribution is 9.10. The van der Waals surface area contributed by atoms with Crippen molar-refractivity contribution in [1.82, 2.24) is 4.98 Å². The average Bonchev–Trinajstić information content (AvgIpc) is 3.02. The first-order chi connectivity index (χ1) is 8.64. The Hall–Kier alpha value is -0.780. The van der Waals surface area contributed by atoms with E-state index in [9.17, 15) is 4.39 Å². The van der Waals surface area contributed by atoms with E-state index in [4.69, 9.17) is 5.73 Å². The Labute approximate surface area is 117 Å². The highest BCUT2D eigenvalue weighted by Crippen LogP contribution is 2.49. The van der Waals surface area contributed by atoms with Crippen molar-refractivity contribution in [1.29, 1.82) is 0 Å². The molecule has 1 aliphatic carbocycles. The van der Waals surface area contributed by atoms with Gasteiger partial charge in [0.2, 0.25) is 0 Å². The van der Waals surface area contributed by atoms with Crippen LogP contribution in [0.15, 0.2) is 28.1 Å². The molecule has 0 spiro atoms. The molecule has 0 radical (unpaired) electrons. The van der Waals surface area contributed by atoms with Crippen LogP contribution in [0.25, 0.3) is 11.3 Å². The molecule has 2 N–H and O–H groups in total. The fourth-order valence-corrected chi connectivity index (χ4v) is 3.44. The lowest BCUT2D eigenvalue weighted by atomic mass is 10.1. The smallest absolute Gasteiger partial charge is 0.132 e. The number of aromatic nitrogens is 1. The van der Waals surface area contributed by atoms with Crippen LogP contribution < -0.4 is 5.73 Å². The summed E-state index contributed by atoms with van der Waals surface area (Å²) in [7, 11) is 0. The molecule has 1 heterocycles. The Morgan fingerprint density at radius 1 is 1.44 bits per heavy atom. The molecule has 1 aliphatic rings. The minimum Gasteiger partial charge on any atom is -0.329 e. The van der Waals surface area contributed by atoms with Crippen molar-refractivity contribution < 1.29 is 4.39 Å². The first-order valence-corrected chi connectivity index (χ1v) is 7.43.